The summed E-state index contributed by atoms with van der Waals surface area (Å²) in [5.41, 5.74) is 0.571. The molecule has 1 atom stereocenters. The summed E-state index contributed by atoms with van der Waals surface area (Å²) in [6.07, 6.45) is 2.62. The minimum atomic E-state index is -0.548. The first-order valence-electron chi connectivity index (χ1n) is 7.10. The number of hydrogen-bond donors (Lipinski definition) is 3. The van der Waals surface area contributed by atoms with Crippen LogP contribution in [0, 0.1) is 5.82 Å². The third-order valence-corrected chi connectivity index (χ3v) is 3.32. The lowest BCUT2D eigenvalue weighted by Gasteiger charge is -2.14. The van der Waals surface area contributed by atoms with E-state index in [0.717, 1.165) is 6.07 Å². The second-order valence-electron chi connectivity index (χ2n) is 5.06. The summed E-state index contributed by atoms with van der Waals surface area (Å²) in [7, 11) is 1.78. The number of rotatable bonds is 6. The first-order valence-corrected chi connectivity index (χ1v) is 7.10. The van der Waals surface area contributed by atoms with Crippen molar-refractivity contribution in [2.24, 2.45) is 0 Å². The lowest BCUT2D eigenvalue weighted by molar-refractivity contribution is 0.0951. The Morgan fingerprint density at radius 1 is 1.26 bits per heavy atom. The minimum Gasteiger partial charge on any atom is -0.472 e. The highest BCUT2D eigenvalue weighted by Crippen LogP contribution is 2.18. The van der Waals surface area contributed by atoms with Gasteiger partial charge in [-0.3, -0.25) is 9.59 Å². The van der Waals surface area contributed by atoms with Crippen molar-refractivity contribution in [3.05, 3.63) is 53.7 Å². The maximum Gasteiger partial charge on any atom is 0.258 e. The van der Waals surface area contributed by atoms with Gasteiger partial charge in [-0.25, -0.2) is 4.39 Å². The van der Waals surface area contributed by atoms with E-state index in [1.807, 2.05) is 6.92 Å². The molecule has 0 aliphatic carbocycles. The van der Waals surface area contributed by atoms with Gasteiger partial charge in [0, 0.05) is 12.6 Å². The average molecular weight is 319 g/mol. The van der Waals surface area contributed by atoms with E-state index < -0.39 is 17.6 Å². The maximum atomic E-state index is 13.5. The van der Waals surface area contributed by atoms with Gasteiger partial charge in [0.1, 0.15) is 12.1 Å². The van der Waals surface area contributed by atoms with Gasteiger partial charge in [-0.1, -0.05) is 0 Å². The molecule has 2 amide bonds. The van der Waals surface area contributed by atoms with Crippen molar-refractivity contribution >= 4 is 17.5 Å². The summed E-state index contributed by atoms with van der Waals surface area (Å²) in [5, 5.41) is 8.24. The second-order valence-corrected chi connectivity index (χ2v) is 5.06. The predicted octanol–water partition coefficient (Wildman–Crippen LogP) is 2.01. The van der Waals surface area contributed by atoms with Crippen molar-refractivity contribution in [3.63, 3.8) is 0 Å². The number of carbonyl (C=O) groups is 2. The molecule has 0 bridgehead atoms. The Bertz CT molecular complexity index is 686. The van der Waals surface area contributed by atoms with E-state index in [4.69, 9.17) is 4.42 Å². The zero-order valence-corrected chi connectivity index (χ0v) is 12.9. The SMILES string of the molecule is CNC(C)CNC(=O)c1ccc(F)cc1NC(=O)c1ccoc1. The average Bonchev–Trinajstić information content (AvgIpc) is 3.07. The molecule has 122 valence electrons. The van der Waals surface area contributed by atoms with Crippen molar-refractivity contribution in [2.75, 3.05) is 18.9 Å². The smallest absolute Gasteiger partial charge is 0.258 e. The van der Waals surface area contributed by atoms with Crippen LogP contribution in [0.3, 0.4) is 0 Å². The number of anilines is 1. The Morgan fingerprint density at radius 2 is 2.04 bits per heavy atom. The van der Waals surface area contributed by atoms with E-state index in [1.165, 1.54) is 30.7 Å². The molecule has 23 heavy (non-hydrogen) atoms. The first-order chi connectivity index (χ1) is 11.0. The number of benzene rings is 1. The molecule has 1 aromatic heterocycles. The van der Waals surface area contributed by atoms with Crippen molar-refractivity contribution in [1.29, 1.82) is 0 Å². The fourth-order valence-corrected chi connectivity index (χ4v) is 1.85. The first kappa shape index (κ1) is 16.7. The predicted molar refractivity (Wildman–Crippen MR) is 83.9 cm³/mol. The summed E-state index contributed by atoms with van der Waals surface area (Å²) in [6, 6.07) is 5.17. The van der Waals surface area contributed by atoms with Crippen LogP contribution in [0.5, 0.6) is 0 Å². The highest BCUT2D eigenvalue weighted by Gasteiger charge is 2.16. The summed E-state index contributed by atoms with van der Waals surface area (Å²) in [5.74, 6) is -1.43. The van der Waals surface area contributed by atoms with Gasteiger partial charge in [0.25, 0.3) is 11.8 Å². The zero-order valence-electron chi connectivity index (χ0n) is 12.9. The van der Waals surface area contributed by atoms with E-state index >= 15 is 0 Å². The maximum absolute atomic E-state index is 13.5. The molecule has 0 aliphatic rings. The molecule has 0 saturated carbocycles. The van der Waals surface area contributed by atoms with Gasteiger partial charge < -0.3 is 20.4 Å². The molecule has 6 nitrogen and oxygen atoms in total. The molecule has 0 fully saturated rings. The Kier molecular flexibility index (Phi) is 5.48. The molecule has 1 unspecified atom stereocenters. The van der Waals surface area contributed by atoms with Crippen LogP contribution in [-0.4, -0.2) is 31.4 Å². The minimum absolute atomic E-state index is 0.0865. The van der Waals surface area contributed by atoms with Gasteiger partial charge in [0.05, 0.1) is 23.1 Å². The lowest BCUT2D eigenvalue weighted by Crippen LogP contribution is -2.37. The summed E-state index contributed by atoms with van der Waals surface area (Å²) in [4.78, 5) is 24.3. The topological polar surface area (TPSA) is 83.4 Å². The van der Waals surface area contributed by atoms with Crippen LogP contribution < -0.4 is 16.0 Å². The standard InChI is InChI=1S/C16H18FN3O3/c1-10(18-2)8-19-16(22)13-4-3-12(17)7-14(13)20-15(21)11-5-6-23-9-11/h3-7,9-10,18H,8H2,1-2H3,(H,19,22)(H,20,21). The van der Waals surface area contributed by atoms with E-state index in [0.29, 0.717) is 6.54 Å². The largest absolute Gasteiger partial charge is 0.472 e. The molecule has 1 aromatic carbocycles. The number of carbonyl (C=O) groups excluding carboxylic acids is 2. The fourth-order valence-electron chi connectivity index (χ4n) is 1.85. The van der Waals surface area contributed by atoms with Gasteiger partial charge in [-0.05, 0) is 38.2 Å². The van der Waals surface area contributed by atoms with Crippen LogP contribution in [0.15, 0.2) is 41.2 Å². The third-order valence-electron chi connectivity index (χ3n) is 3.32. The van der Waals surface area contributed by atoms with Crippen LogP contribution in [-0.2, 0) is 0 Å². The molecule has 0 spiro atoms. The molecule has 2 rings (SSSR count). The third kappa shape index (κ3) is 4.40. The summed E-state index contributed by atoms with van der Waals surface area (Å²) in [6.45, 7) is 2.31. The van der Waals surface area contributed by atoms with E-state index in [9.17, 15) is 14.0 Å². The van der Waals surface area contributed by atoms with Gasteiger partial charge in [0.15, 0.2) is 0 Å². The molecule has 0 radical (unpaired) electrons. The van der Waals surface area contributed by atoms with Crippen LogP contribution in [0.4, 0.5) is 10.1 Å². The zero-order chi connectivity index (χ0) is 16.8. The van der Waals surface area contributed by atoms with Crippen molar-refractivity contribution in [1.82, 2.24) is 10.6 Å². The number of hydrogen-bond acceptors (Lipinski definition) is 4. The van der Waals surface area contributed by atoms with E-state index in [1.54, 1.807) is 7.05 Å². The van der Waals surface area contributed by atoms with E-state index in [2.05, 4.69) is 16.0 Å². The highest BCUT2D eigenvalue weighted by molar-refractivity contribution is 6.08. The normalized spacial score (nSPS) is 11.8. The van der Waals surface area contributed by atoms with Gasteiger partial charge >= 0.3 is 0 Å². The Hall–Kier alpha value is -2.67. The number of furan rings is 1. The summed E-state index contributed by atoms with van der Waals surface area (Å²) < 4.78 is 18.3. The molecular weight excluding hydrogens is 301 g/mol. The molecular formula is C16H18FN3O3. The number of nitrogens with one attached hydrogen (secondary N) is 3. The molecule has 2 aromatic rings. The fraction of sp³-hybridized carbons (Fsp3) is 0.250. The summed E-state index contributed by atoms with van der Waals surface area (Å²) >= 11 is 0. The molecule has 0 aliphatic heterocycles. The van der Waals surface area contributed by atoms with Gasteiger partial charge in [-0.2, -0.15) is 0 Å². The van der Waals surface area contributed by atoms with Gasteiger partial charge in [-0.15, -0.1) is 0 Å². The Balaban J connectivity index is 2.16. The number of halogens is 1. The number of amides is 2. The van der Waals surface area contributed by atoms with Crippen molar-refractivity contribution < 1.29 is 18.4 Å². The highest BCUT2D eigenvalue weighted by atomic mass is 19.1. The lowest BCUT2D eigenvalue weighted by atomic mass is 10.1. The van der Waals surface area contributed by atoms with E-state index in [-0.39, 0.29) is 22.9 Å². The van der Waals surface area contributed by atoms with Crippen LogP contribution >= 0.6 is 0 Å². The van der Waals surface area contributed by atoms with Crippen LogP contribution in [0.2, 0.25) is 0 Å². The molecule has 1 heterocycles. The van der Waals surface area contributed by atoms with Crippen LogP contribution in [0.25, 0.3) is 0 Å². The molecule has 0 saturated heterocycles. The van der Waals surface area contributed by atoms with Crippen molar-refractivity contribution in [2.45, 2.75) is 13.0 Å². The van der Waals surface area contributed by atoms with Crippen LogP contribution in [0.1, 0.15) is 27.6 Å². The quantitative estimate of drug-likeness (QED) is 0.760. The Morgan fingerprint density at radius 3 is 2.70 bits per heavy atom. The van der Waals surface area contributed by atoms with Gasteiger partial charge in [0.2, 0.25) is 0 Å². The monoisotopic (exact) mass is 319 g/mol. The number of likely N-dealkylation sites (N-methyl/N-ethyl adjacent to an activating group) is 1. The van der Waals surface area contributed by atoms with Crippen molar-refractivity contribution in [3.8, 4) is 0 Å². The molecule has 7 heteroatoms. The molecule has 3 N–H and O–H groups in total. The second kappa shape index (κ2) is 7.55. The Labute approximate surface area is 133 Å².